The lowest BCUT2D eigenvalue weighted by atomic mass is 10.1. The van der Waals surface area contributed by atoms with E-state index in [0.717, 1.165) is 12.2 Å². The normalized spacial score (nSPS) is 13.4. The fourth-order valence-corrected chi connectivity index (χ4v) is 2.10. The van der Waals surface area contributed by atoms with Crippen LogP contribution in [0.4, 0.5) is 0 Å². The molecule has 0 radical (unpaired) electrons. The Morgan fingerprint density at radius 2 is 2.00 bits per heavy atom. The number of nitrogens with zero attached hydrogens (tertiary/aromatic N) is 2. The summed E-state index contributed by atoms with van der Waals surface area (Å²) in [7, 11) is 0. The fraction of sp³-hybridized carbons (Fsp3) is 0.438. The van der Waals surface area contributed by atoms with Crippen LogP contribution in [0.5, 0.6) is 0 Å². The number of rotatable bonds is 6. The number of thioether (sulfide) groups is 1. The molecule has 1 atom stereocenters. The van der Waals surface area contributed by atoms with Crippen molar-refractivity contribution in [3.8, 4) is 5.69 Å². The zero-order valence-corrected chi connectivity index (χ0v) is 13.4. The second-order valence-electron chi connectivity index (χ2n) is 5.62. The van der Waals surface area contributed by atoms with E-state index in [1.807, 2.05) is 40.8 Å². The quantitative estimate of drug-likeness (QED) is 0.880. The van der Waals surface area contributed by atoms with Crippen molar-refractivity contribution in [3.05, 3.63) is 48.3 Å². The third-order valence-corrected chi connectivity index (χ3v) is 4.76. The molecule has 1 aromatic heterocycles. The van der Waals surface area contributed by atoms with Gasteiger partial charge in [-0.05, 0) is 39.2 Å². The van der Waals surface area contributed by atoms with E-state index in [9.17, 15) is 0 Å². The third-order valence-electron chi connectivity index (χ3n) is 3.51. The van der Waals surface area contributed by atoms with Crippen molar-refractivity contribution in [1.82, 2.24) is 15.1 Å². The molecule has 0 fully saturated rings. The molecular weight excluding hydrogens is 266 g/mol. The first-order chi connectivity index (χ1) is 9.52. The minimum Gasteiger partial charge on any atom is -0.309 e. The van der Waals surface area contributed by atoms with Crippen LogP contribution in [-0.4, -0.2) is 27.3 Å². The van der Waals surface area contributed by atoms with Crippen LogP contribution in [0.3, 0.4) is 0 Å². The summed E-state index contributed by atoms with van der Waals surface area (Å²) in [5, 5.41) is 8.02. The van der Waals surface area contributed by atoms with Gasteiger partial charge in [0, 0.05) is 29.1 Å². The van der Waals surface area contributed by atoms with Crippen molar-refractivity contribution in [2.75, 3.05) is 12.8 Å². The summed E-state index contributed by atoms with van der Waals surface area (Å²) in [4.78, 5) is 0. The van der Waals surface area contributed by atoms with Gasteiger partial charge in [-0.25, -0.2) is 4.68 Å². The SMILES string of the molecule is CSC(C)(C)CNC(C)c1cnn(-c2ccccc2)c1. The number of para-hydroxylation sites is 1. The Morgan fingerprint density at radius 1 is 1.30 bits per heavy atom. The second-order valence-corrected chi connectivity index (χ2v) is 7.13. The molecule has 0 spiro atoms. The lowest BCUT2D eigenvalue weighted by Crippen LogP contribution is -2.33. The van der Waals surface area contributed by atoms with Gasteiger partial charge >= 0.3 is 0 Å². The van der Waals surface area contributed by atoms with Crippen molar-refractivity contribution in [1.29, 1.82) is 0 Å². The summed E-state index contributed by atoms with van der Waals surface area (Å²) < 4.78 is 2.18. The number of nitrogens with one attached hydrogen (secondary N) is 1. The van der Waals surface area contributed by atoms with E-state index in [1.165, 1.54) is 5.56 Å². The first-order valence-corrected chi connectivity index (χ1v) is 8.13. The Labute approximate surface area is 125 Å². The highest BCUT2D eigenvalue weighted by Crippen LogP contribution is 2.21. The number of hydrogen-bond acceptors (Lipinski definition) is 3. The van der Waals surface area contributed by atoms with Crippen molar-refractivity contribution < 1.29 is 0 Å². The first kappa shape index (κ1) is 15.1. The van der Waals surface area contributed by atoms with Gasteiger partial charge in [-0.2, -0.15) is 16.9 Å². The van der Waals surface area contributed by atoms with E-state index in [0.29, 0.717) is 6.04 Å². The third kappa shape index (κ3) is 3.87. The van der Waals surface area contributed by atoms with Crippen molar-refractivity contribution in [2.24, 2.45) is 0 Å². The molecule has 1 unspecified atom stereocenters. The zero-order chi connectivity index (χ0) is 14.6. The largest absolute Gasteiger partial charge is 0.309 e. The van der Waals surface area contributed by atoms with E-state index in [4.69, 9.17) is 0 Å². The maximum Gasteiger partial charge on any atom is 0.0645 e. The topological polar surface area (TPSA) is 29.9 Å². The van der Waals surface area contributed by atoms with Crippen molar-refractivity contribution in [3.63, 3.8) is 0 Å². The molecule has 4 heteroatoms. The summed E-state index contributed by atoms with van der Waals surface area (Å²) in [6, 6.07) is 10.5. The average Bonchev–Trinajstić information content (AvgIpc) is 2.96. The monoisotopic (exact) mass is 289 g/mol. The standard InChI is InChI=1S/C16H23N3S/c1-13(17-12-16(2,3)20-4)14-10-18-19(11-14)15-8-6-5-7-9-15/h5-11,13,17H,12H2,1-4H3. The van der Waals surface area contributed by atoms with E-state index in [1.54, 1.807) is 0 Å². The molecule has 0 saturated carbocycles. The zero-order valence-electron chi connectivity index (χ0n) is 12.6. The minimum atomic E-state index is 0.254. The molecule has 0 bridgehead atoms. The fourth-order valence-electron chi connectivity index (χ4n) is 1.87. The highest BCUT2D eigenvalue weighted by atomic mass is 32.2. The molecule has 1 aromatic carbocycles. The van der Waals surface area contributed by atoms with Gasteiger partial charge in [0.15, 0.2) is 0 Å². The van der Waals surface area contributed by atoms with Gasteiger partial charge in [0.2, 0.25) is 0 Å². The number of benzene rings is 1. The van der Waals surface area contributed by atoms with E-state index < -0.39 is 0 Å². The van der Waals surface area contributed by atoms with Gasteiger partial charge in [-0.3, -0.25) is 0 Å². The molecule has 1 heterocycles. The maximum atomic E-state index is 4.44. The summed E-state index contributed by atoms with van der Waals surface area (Å²) >= 11 is 1.88. The Balaban J connectivity index is 2.02. The van der Waals surface area contributed by atoms with Crippen molar-refractivity contribution >= 4 is 11.8 Å². The molecule has 1 N–H and O–H groups in total. The van der Waals surface area contributed by atoms with Gasteiger partial charge in [0.25, 0.3) is 0 Å². The molecule has 0 aliphatic heterocycles. The van der Waals surface area contributed by atoms with Crippen LogP contribution in [0.2, 0.25) is 0 Å². The second kappa shape index (κ2) is 6.46. The lowest BCUT2D eigenvalue weighted by molar-refractivity contribution is 0.522. The van der Waals surface area contributed by atoms with Crippen molar-refractivity contribution in [2.45, 2.75) is 31.6 Å². The molecule has 0 aliphatic rings. The number of aromatic nitrogens is 2. The first-order valence-electron chi connectivity index (χ1n) is 6.90. The molecule has 0 aliphatic carbocycles. The van der Waals surface area contributed by atoms with Crippen LogP contribution in [-0.2, 0) is 0 Å². The van der Waals surface area contributed by atoms with Crippen LogP contribution in [0, 0.1) is 0 Å². The summed E-state index contributed by atoms with van der Waals surface area (Å²) in [5.41, 5.74) is 2.31. The van der Waals surface area contributed by atoms with Gasteiger partial charge in [0.1, 0.15) is 0 Å². The predicted molar refractivity (Wildman–Crippen MR) is 87.6 cm³/mol. The van der Waals surface area contributed by atoms with Gasteiger partial charge < -0.3 is 5.32 Å². The maximum absolute atomic E-state index is 4.44. The summed E-state index contributed by atoms with van der Waals surface area (Å²) in [5.74, 6) is 0. The Hall–Kier alpha value is -1.26. The number of hydrogen-bond donors (Lipinski definition) is 1. The highest BCUT2D eigenvalue weighted by molar-refractivity contribution is 7.99. The van der Waals surface area contributed by atoms with Crippen LogP contribution in [0.15, 0.2) is 42.7 Å². The van der Waals surface area contributed by atoms with Crippen LogP contribution < -0.4 is 5.32 Å². The van der Waals surface area contributed by atoms with E-state index in [-0.39, 0.29) is 4.75 Å². The van der Waals surface area contributed by atoms with Gasteiger partial charge in [-0.1, -0.05) is 18.2 Å². The molecule has 3 nitrogen and oxygen atoms in total. The predicted octanol–water partition coefficient (Wildman–Crippen LogP) is 3.66. The molecule has 2 rings (SSSR count). The average molecular weight is 289 g/mol. The summed E-state index contributed by atoms with van der Waals surface area (Å²) in [6.45, 7) is 7.67. The Morgan fingerprint density at radius 3 is 2.65 bits per heavy atom. The summed E-state index contributed by atoms with van der Waals surface area (Å²) in [6.07, 6.45) is 6.19. The van der Waals surface area contributed by atoms with Gasteiger partial charge in [-0.15, -0.1) is 0 Å². The molecule has 0 saturated heterocycles. The van der Waals surface area contributed by atoms with Gasteiger partial charge in [0.05, 0.1) is 11.9 Å². The lowest BCUT2D eigenvalue weighted by Gasteiger charge is -2.24. The molecule has 0 amide bonds. The smallest absolute Gasteiger partial charge is 0.0645 e. The molecular formula is C16H23N3S. The molecule has 2 aromatic rings. The van der Waals surface area contributed by atoms with Crippen LogP contribution >= 0.6 is 11.8 Å². The van der Waals surface area contributed by atoms with Crippen LogP contribution in [0.1, 0.15) is 32.4 Å². The molecule has 108 valence electrons. The van der Waals surface area contributed by atoms with Crippen LogP contribution in [0.25, 0.3) is 5.69 Å². The molecule has 20 heavy (non-hydrogen) atoms. The Kier molecular flexibility index (Phi) is 4.89. The minimum absolute atomic E-state index is 0.254. The highest BCUT2D eigenvalue weighted by Gasteiger charge is 2.17. The van der Waals surface area contributed by atoms with E-state index in [2.05, 4.69) is 55.8 Å². The Bertz CT molecular complexity index is 534. The van der Waals surface area contributed by atoms with E-state index >= 15 is 0 Å².